The van der Waals surface area contributed by atoms with Gasteiger partial charge in [-0.1, -0.05) is 42.5 Å². The van der Waals surface area contributed by atoms with Crippen molar-refractivity contribution in [3.8, 4) is 17.0 Å². The highest BCUT2D eigenvalue weighted by atomic mass is 16.3. The Bertz CT molecular complexity index is 1260. The van der Waals surface area contributed by atoms with Crippen LogP contribution in [0.1, 0.15) is 41.4 Å². The third kappa shape index (κ3) is 3.57. The van der Waals surface area contributed by atoms with Crippen LogP contribution in [-0.4, -0.2) is 26.5 Å². The van der Waals surface area contributed by atoms with Crippen LogP contribution < -0.4 is 0 Å². The Labute approximate surface area is 182 Å². The van der Waals surface area contributed by atoms with Crippen molar-refractivity contribution in [1.82, 2.24) is 14.9 Å². The molecule has 1 fully saturated rings. The van der Waals surface area contributed by atoms with Gasteiger partial charge in [0.25, 0.3) is 0 Å². The van der Waals surface area contributed by atoms with E-state index in [-0.39, 0.29) is 5.75 Å². The van der Waals surface area contributed by atoms with Crippen molar-refractivity contribution in [3.05, 3.63) is 89.4 Å². The first kappa shape index (κ1) is 18.5. The van der Waals surface area contributed by atoms with Gasteiger partial charge in [0, 0.05) is 43.1 Å². The molecule has 0 unspecified atom stereocenters. The summed E-state index contributed by atoms with van der Waals surface area (Å²) in [5.74, 6) is 1.81. The van der Waals surface area contributed by atoms with E-state index in [1.807, 2.05) is 12.1 Å². The highest BCUT2D eigenvalue weighted by Gasteiger charge is 2.30. The number of aromatic hydroxyl groups is 1. The number of hydrogen-bond donors (Lipinski definition) is 1. The molecular formula is C27H25N3O. The molecule has 6 rings (SSSR count). The summed E-state index contributed by atoms with van der Waals surface area (Å²) in [6, 6.07) is 22.6. The molecule has 0 radical (unpaired) electrons. The lowest BCUT2D eigenvalue weighted by Gasteiger charge is -2.30. The SMILES string of the molecule is Oc1ccc(-c2nc(C3CC3)nc3c2CN(Cc2cccc4ccccc24)CC3)cc1. The zero-order valence-electron chi connectivity index (χ0n) is 17.5. The number of rotatable bonds is 4. The molecule has 1 saturated carbocycles. The molecule has 2 aliphatic rings. The van der Waals surface area contributed by atoms with Gasteiger partial charge >= 0.3 is 0 Å². The van der Waals surface area contributed by atoms with E-state index in [4.69, 9.17) is 9.97 Å². The van der Waals surface area contributed by atoms with Crippen LogP contribution in [0, 0.1) is 0 Å². The van der Waals surface area contributed by atoms with Gasteiger partial charge in [-0.3, -0.25) is 4.90 Å². The van der Waals surface area contributed by atoms with E-state index in [1.54, 1.807) is 12.1 Å². The Morgan fingerprint density at radius 3 is 2.55 bits per heavy atom. The Hall–Kier alpha value is -3.24. The molecule has 0 atom stereocenters. The van der Waals surface area contributed by atoms with Gasteiger partial charge in [-0.15, -0.1) is 0 Å². The van der Waals surface area contributed by atoms with Crippen LogP contribution in [0.5, 0.6) is 5.75 Å². The molecule has 154 valence electrons. The second kappa shape index (κ2) is 7.47. The second-order valence-corrected chi connectivity index (χ2v) is 8.78. The summed E-state index contributed by atoms with van der Waals surface area (Å²) in [5.41, 5.74) is 5.90. The van der Waals surface area contributed by atoms with Gasteiger partial charge in [0.05, 0.1) is 11.4 Å². The summed E-state index contributed by atoms with van der Waals surface area (Å²) in [6.07, 6.45) is 3.34. The third-order valence-corrected chi connectivity index (χ3v) is 6.51. The van der Waals surface area contributed by atoms with Crippen LogP contribution in [0.4, 0.5) is 0 Å². The Morgan fingerprint density at radius 2 is 1.71 bits per heavy atom. The minimum atomic E-state index is 0.284. The van der Waals surface area contributed by atoms with Gasteiger partial charge in [-0.2, -0.15) is 0 Å². The van der Waals surface area contributed by atoms with Crippen LogP contribution in [-0.2, 0) is 19.5 Å². The summed E-state index contributed by atoms with van der Waals surface area (Å²) in [5, 5.41) is 12.4. The summed E-state index contributed by atoms with van der Waals surface area (Å²) in [6.45, 7) is 2.77. The van der Waals surface area contributed by atoms with Crippen molar-refractivity contribution in [2.45, 2.75) is 38.3 Å². The predicted octanol–water partition coefficient (Wildman–Crippen LogP) is 5.44. The highest BCUT2D eigenvalue weighted by Crippen LogP contribution is 2.40. The molecular weight excluding hydrogens is 382 g/mol. The van der Waals surface area contributed by atoms with Crippen molar-refractivity contribution >= 4 is 10.8 Å². The number of nitrogens with zero attached hydrogens (tertiary/aromatic N) is 3. The first-order valence-electron chi connectivity index (χ1n) is 11.1. The molecule has 3 aromatic carbocycles. The molecule has 2 heterocycles. The molecule has 1 N–H and O–H groups in total. The standard InChI is InChI=1S/C27H25N3O/c31-22-12-10-19(11-13-22)26-24-17-30(15-14-25(24)28-27(29-26)20-8-9-20)16-21-6-3-5-18-4-1-2-7-23(18)21/h1-7,10-13,20,31H,8-9,14-17H2. The van der Waals surface area contributed by atoms with Crippen LogP contribution in [0.15, 0.2) is 66.7 Å². The average molecular weight is 408 g/mol. The Balaban J connectivity index is 1.36. The Kier molecular flexibility index (Phi) is 4.46. The van der Waals surface area contributed by atoms with E-state index in [0.717, 1.165) is 43.1 Å². The fourth-order valence-corrected chi connectivity index (χ4v) is 4.68. The molecule has 0 bridgehead atoms. The van der Waals surface area contributed by atoms with E-state index in [1.165, 1.54) is 40.4 Å². The maximum atomic E-state index is 9.75. The fraction of sp³-hybridized carbons (Fsp3) is 0.259. The fourth-order valence-electron chi connectivity index (χ4n) is 4.68. The third-order valence-electron chi connectivity index (χ3n) is 6.51. The zero-order chi connectivity index (χ0) is 20.8. The van der Waals surface area contributed by atoms with Gasteiger partial charge < -0.3 is 5.11 Å². The quantitative estimate of drug-likeness (QED) is 0.489. The van der Waals surface area contributed by atoms with Crippen LogP contribution in [0.25, 0.3) is 22.0 Å². The lowest BCUT2D eigenvalue weighted by molar-refractivity contribution is 0.244. The van der Waals surface area contributed by atoms with Gasteiger partial charge in [-0.25, -0.2) is 9.97 Å². The van der Waals surface area contributed by atoms with Crippen molar-refractivity contribution in [1.29, 1.82) is 0 Å². The minimum Gasteiger partial charge on any atom is -0.508 e. The summed E-state index contributed by atoms with van der Waals surface area (Å²) in [7, 11) is 0. The molecule has 4 aromatic rings. The van der Waals surface area contributed by atoms with E-state index in [2.05, 4.69) is 47.4 Å². The molecule has 4 nitrogen and oxygen atoms in total. The first-order valence-corrected chi connectivity index (χ1v) is 11.1. The van der Waals surface area contributed by atoms with Crippen LogP contribution >= 0.6 is 0 Å². The van der Waals surface area contributed by atoms with Gasteiger partial charge in [0.1, 0.15) is 11.6 Å². The highest BCUT2D eigenvalue weighted by molar-refractivity contribution is 5.85. The second-order valence-electron chi connectivity index (χ2n) is 8.78. The maximum absolute atomic E-state index is 9.75. The molecule has 1 aliphatic carbocycles. The topological polar surface area (TPSA) is 49.3 Å². The van der Waals surface area contributed by atoms with E-state index in [9.17, 15) is 5.11 Å². The van der Waals surface area contributed by atoms with Crippen LogP contribution in [0.2, 0.25) is 0 Å². The normalized spacial score (nSPS) is 16.4. The lowest BCUT2D eigenvalue weighted by atomic mass is 9.97. The largest absolute Gasteiger partial charge is 0.508 e. The molecule has 0 spiro atoms. The lowest BCUT2D eigenvalue weighted by Crippen LogP contribution is -2.31. The summed E-state index contributed by atoms with van der Waals surface area (Å²) in [4.78, 5) is 12.5. The molecule has 0 saturated heterocycles. The number of benzene rings is 3. The molecule has 4 heteroatoms. The van der Waals surface area contributed by atoms with Crippen LogP contribution in [0.3, 0.4) is 0 Å². The summed E-state index contributed by atoms with van der Waals surface area (Å²) >= 11 is 0. The maximum Gasteiger partial charge on any atom is 0.132 e. The number of fused-ring (bicyclic) bond motifs is 2. The molecule has 31 heavy (non-hydrogen) atoms. The average Bonchev–Trinajstić information content (AvgIpc) is 3.65. The first-order chi connectivity index (χ1) is 15.2. The minimum absolute atomic E-state index is 0.284. The van der Waals surface area contributed by atoms with Crippen molar-refractivity contribution in [3.63, 3.8) is 0 Å². The number of phenolic OH excluding ortho intramolecular Hbond substituents is 1. The smallest absolute Gasteiger partial charge is 0.132 e. The van der Waals surface area contributed by atoms with Gasteiger partial charge in [-0.05, 0) is 53.4 Å². The Morgan fingerprint density at radius 1 is 0.903 bits per heavy atom. The summed E-state index contributed by atoms with van der Waals surface area (Å²) < 4.78 is 0. The predicted molar refractivity (Wildman–Crippen MR) is 123 cm³/mol. The molecule has 0 amide bonds. The number of hydrogen-bond acceptors (Lipinski definition) is 4. The monoisotopic (exact) mass is 407 g/mol. The van der Waals surface area contributed by atoms with Crippen molar-refractivity contribution < 1.29 is 5.11 Å². The van der Waals surface area contributed by atoms with Gasteiger partial charge in [0.15, 0.2) is 0 Å². The molecule has 1 aromatic heterocycles. The van der Waals surface area contributed by atoms with E-state index in [0.29, 0.717) is 5.92 Å². The van der Waals surface area contributed by atoms with E-state index >= 15 is 0 Å². The zero-order valence-corrected chi connectivity index (χ0v) is 17.5. The molecule has 1 aliphatic heterocycles. The van der Waals surface area contributed by atoms with Crippen molar-refractivity contribution in [2.75, 3.05) is 6.54 Å². The number of aromatic nitrogens is 2. The van der Waals surface area contributed by atoms with Crippen molar-refractivity contribution in [2.24, 2.45) is 0 Å². The van der Waals surface area contributed by atoms with E-state index < -0.39 is 0 Å². The van der Waals surface area contributed by atoms with Gasteiger partial charge in [0.2, 0.25) is 0 Å². The number of phenols is 1.